The third kappa shape index (κ3) is 4.67. The molecule has 0 bridgehead atoms. The monoisotopic (exact) mass is 484 g/mol. The predicted molar refractivity (Wildman–Crippen MR) is 134 cm³/mol. The Kier molecular flexibility index (Phi) is 6.33. The third-order valence-corrected chi connectivity index (χ3v) is 6.70. The largest absolute Gasteiger partial charge is 0.360 e. The van der Waals surface area contributed by atoms with E-state index in [1.807, 2.05) is 72.4 Å². The number of thioether (sulfide) groups is 1. The van der Waals surface area contributed by atoms with Crippen molar-refractivity contribution in [2.45, 2.75) is 32.5 Å². The molecular weight excluding hydrogens is 460 g/mol. The minimum atomic E-state index is 0.0201. The fourth-order valence-electron chi connectivity index (χ4n) is 4.08. The van der Waals surface area contributed by atoms with Crippen LogP contribution in [0.1, 0.15) is 33.1 Å². The van der Waals surface area contributed by atoms with Gasteiger partial charge < -0.3 is 4.52 Å². The molecule has 5 aromatic rings. The average molecular weight is 485 g/mol. The number of hydrogen-bond donors (Lipinski definition) is 0. The van der Waals surface area contributed by atoms with E-state index in [1.54, 1.807) is 12.4 Å². The first kappa shape index (κ1) is 22.8. The molecule has 0 spiro atoms. The molecule has 0 saturated carbocycles. The van der Waals surface area contributed by atoms with Gasteiger partial charge in [-0.1, -0.05) is 47.3 Å². The zero-order valence-electron chi connectivity index (χ0n) is 19.7. The summed E-state index contributed by atoms with van der Waals surface area (Å²) in [7, 11) is 0. The van der Waals surface area contributed by atoms with Gasteiger partial charge in [0.2, 0.25) is 0 Å². The number of aromatic nitrogens is 6. The zero-order valence-corrected chi connectivity index (χ0v) is 20.5. The van der Waals surface area contributed by atoms with Crippen molar-refractivity contribution in [3.05, 3.63) is 95.3 Å². The van der Waals surface area contributed by atoms with Crippen LogP contribution in [0.25, 0.3) is 17.2 Å². The number of pyridine rings is 1. The van der Waals surface area contributed by atoms with Gasteiger partial charge in [0.1, 0.15) is 5.76 Å². The number of rotatable bonds is 8. The lowest BCUT2D eigenvalue weighted by Gasteiger charge is -2.10. The van der Waals surface area contributed by atoms with Gasteiger partial charge in [-0.2, -0.15) is 0 Å². The van der Waals surface area contributed by atoms with Gasteiger partial charge in [-0.3, -0.25) is 18.9 Å². The van der Waals surface area contributed by atoms with Crippen LogP contribution in [0.4, 0.5) is 0 Å². The number of carbonyl (C=O) groups is 1. The number of aryl methyl sites for hydroxylation is 2. The second-order valence-electron chi connectivity index (χ2n) is 8.25. The van der Waals surface area contributed by atoms with Gasteiger partial charge in [0.05, 0.1) is 12.3 Å². The van der Waals surface area contributed by atoms with E-state index in [1.165, 1.54) is 11.8 Å². The summed E-state index contributed by atoms with van der Waals surface area (Å²) in [6.07, 6.45) is 3.50. The van der Waals surface area contributed by atoms with Crippen LogP contribution in [0.15, 0.2) is 76.7 Å². The number of ketones is 1. The summed E-state index contributed by atoms with van der Waals surface area (Å²) < 4.78 is 9.19. The predicted octanol–water partition coefficient (Wildman–Crippen LogP) is 5.07. The molecule has 0 radical (unpaired) electrons. The Labute approximate surface area is 207 Å². The average Bonchev–Trinajstić information content (AvgIpc) is 3.55. The summed E-state index contributed by atoms with van der Waals surface area (Å²) in [6.45, 7) is 6.32. The first-order chi connectivity index (χ1) is 17.0. The van der Waals surface area contributed by atoms with E-state index < -0.39 is 0 Å². The number of hydrogen-bond acceptors (Lipinski definition) is 7. The zero-order chi connectivity index (χ0) is 24.4. The summed E-state index contributed by atoms with van der Waals surface area (Å²) in [5.74, 6) is 2.37. The molecular formula is C26H24N6O2S. The molecule has 0 fully saturated rings. The van der Waals surface area contributed by atoms with Crippen LogP contribution in [0.2, 0.25) is 0 Å². The molecule has 0 aliphatic carbocycles. The van der Waals surface area contributed by atoms with E-state index in [2.05, 4.69) is 32.5 Å². The number of Topliss-reactive ketones (excluding diaryl/α,β-unsaturated/α-hetero) is 1. The van der Waals surface area contributed by atoms with E-state index in [9.17, 15) is 4.79 Å². The number of carbonyl (C=O) groups excluding carboxylic acids is 1. The summed E-state index contributed by atoms with van der Waals surface area (Å²) in [5.41, 5.74) is 4.42. The Balaban J connectivity index is 1.41. The molecule has 35 heavy (non-hydrogen) atoms. The Bertz CT molecular complexity index is 1470. The van der Waals surface area contributed by atoms with Crippen LogP contribution in [-0.4, -0.2) is 41.0 Å². The van der Waals surface area contributed by atoms with Gasteiger partial charge in [-0.15, -0.1) is 10.2 Å². The van der Waals surface area contributed by atoms with Crippen LogP contribution in [0.5, 0.6) is 0 Å². The number of benzene rings is 1. The van der Waals surface area contributed by atoms with Crippen molar-refractivity contribution in [3.8, 4) is 17.2 Å². The van der Waals surface area contributed by atoms with Crippen molar-refractivity contribution in [2.24, 2.45) is 0 Å². The normalized spacial score (nSPS) is 11.2. The Morgan fingerprint density at radius 2 is 1.86 bits per heavy atom. The molecule has 5 rings (SSSR count). The fourth-order valence-corrected chi connectivity index (χ4v) is 4.90. The maximum absolute atomic E-state index is 13.2. The molecule has 4 aromatic heterocycles. The quantitative estimate of drug-likeness (QED) is 0.224. The standard InChI is InChI=1S/C26H24N6O2S/c1-17-12-22(19(3)32(17)24-13-18(2)34-30-24)23(33)16-35-26-29-28-25(21-10-7-11-27-14-21)31(26)15-20-8-5-4-6-9-20/h4-14H,15-16H2,1-3H3. The first-order valence-electron chi connectivity index (χ1n) is 11.2. The smallest absolute Gasteiger partial charge is 0.192 e. The molecule has 176 valence electrons. The molecule has 1 aromatic carbocycles. The van der Waals surface area contributed by atoms with E-state index >= 15 is 0 Å². The molecule has 0 aliphatic rings. The molecule has 0 amide bonds. The maximum Gasteiger partial charge on any atom is 0.192 e. The lowest BCUT2D eigenvalue weighted by atomic mass is 10.2. The van der Waals surface area contributed by atoms with Gasteiger partial charge in [0.25, 0.3) is 0 Å². The maximum atomic E-state index is 13.2. The van der Waals surface area contributed by atoms with Crippen molar-refractivity contribution < 1.29 is 9.32 Å². The lowest BCUT2D eigenvalue weighted by Crippen LogP contribution is -2.08. The Morgan fingerprint density at radius 1 is 1.03 bits per heavy atom. The first-order valence-corrected chi connectivity index (χ1v) is 12.2. The van der Waals surface area contributed by atoms with Crippen molar-refractivity contribution >= 4 is 17.5 Å². The van der Waals surface area contributed by atoms with Gasteiger partial charge in [-0.05, 0) is 44.5 Å². The van der Waals surface area contributed by atoms with Crippen LogP contribution in [0.3, 0.4) is 0 Å². The third-order valence-electron chi connectivity index (χ3n) is 5.73. The second-order valence-corrected chi connectivity index (χ2v) is 9.19. The summed E-state index contributed by atoms with van der Waals surface area (Å²) in [5, 5.41) is 13.6. The van der Waals surface area contributed by atoms with E-state index in [0.717, 1.165) is 34.1 Å². The molecule has 4 heterocycles. The molecule has 0 unspecified atom stereocenters. The molecule has 9 heteroatoms. The molecule has 0 N–H and O–H groups in total. The van der Waals surface area contributed by atoms with Gasteiger partial charge in [0.15, 0.2) is 22.6 Å². The molecule has 0 saturated heterocycles. The Hall–Kier alpha value is -3.98. The summed E-state index contributed by atoms with van der Waals surface area (Å²) in [6, 6.07) is 17.7. The molecule has 8 nitrogen and oxygen atoms in total. The van der Waals surface area contributed by atoms with Crippen LogP contribution in [0, 0.1) is 20.8 Å². The topological polar surface area (TPSA) is 91.6 Å². The highest BCUT2D eigenvalue weighted by molar-refractivity contribution is 7.99. The highest BCUT2D eigenvalue weighted by Gasteiger charge is 2.21. The second kappa shape index (κ2) is 9.71. The van der Waals surface area contributed by atoms with Crippen molar-refractivity contribution in [3.63, 3.8) is 0 Å². The van der Waals surface area contributed by atoms with Crippen molar-refractivity contribution in [1.29, 1.82) is 0 Å². The number of nitrogens with zero attached hydrogens (tertiary/aromatic N) is 6. The van der Waals surface area contributed by atoms with Gasteiger partial charge in [0, 0.05) is 41.0 Å². The highest BCUT2D eigenvalue weighted by atomic mass is 32.2. The van der Waals surface area contributed by atoms with Gasteiger partial charge in [-0.25, -0.2) is 0 Å². The van der Waals surface area contributed by atoms with Crippen molar-refractivity contribution in [2.75, 3.05) is 5.75 Å². The van der Waals surface area contributed by atoms with Gasteiger partial charge >= 0.3 is 0 Å². The molecule has 0 aliphatic heterocycles. The fraction of sp³-hybridized carbons (Fsp3) is 0.192. The summed E-state index contributed by atoms with van der Waals surface area (Å²) >= 11 is 1.38. The minimum Gasteiger partial charge on any atom is -0.360 e. The summed E-state index contributed by atoms with van der Waals surface area (Å²) in [4.78, 5) is 17.5. The molecule has 0 atom stereocenters. The van der Waals surface area contributed by atoms with E-state index in [0.29, 0.717) is 23.1 Å². The SMILES string of the molecule is Cc1cc(-n2c(C)cc(C(=O)CSc3nnc(-c4cccnc4)n3Cc3ccccc3)c2C)no1. The van der Waals surface area contributed by atoms with Crippen LogP contribution in [-0.2, 0) is 6.54 Å². The Morgan fingerprint density at radius 3 is 2.57 bits per heavy atom. The van der Waals surface area contributed by atoms with E-state index in [-0.39, 0.29) is 11.5 Å². The highest BCUT2D eigenvalue weighted by Crippen LogP contribution is 2.27. The lowest BCUT2D eigenvalue weighted by molar-refractivity contribution is 0.102. The van der Waals surface area contributed by atoms with E-state index in [4.69, 9.17) is 4.52 Å². The minimum absolute atomic E-state index is 0.0201. The van der Waals surface area contributed by atoms with Crippen LogP contribution >= 0.6 is 11.8 Å². The van der Waals surface area contributed by atoms with Crippen molar-refractivity contribution in [1.82, 2.24) is 29.5 Å². The van der Waals surface area contributed by atoms with Crippen LogP contribution < -0.4 is 0 Å².